The van der Waals surface area contributed by atoms with E-state index in [1.165, 1.54) is 4.31 Å². The molecule has 0 unspecified atom stereocenters. The molecule has 0 saturated heterocycles. The predicted molar refractivity (Wildman–Crippen MR) is 79.5 cm³/mol. The molecule has 1 heterocycles. The summed E-state index contributed by atoms with van der Waals surface area (Å²) in [6.07, 6.45) is 0. The van der Waals surface area contributed by atoms with Crippen molar-refractivity contribution in [2.45, 2.75) is 19.2 Å². The Morgan fingerprint density at radius 2 is 1.95 bits per heavy atom. The van der Waals surface area contributed by atoms with Crippen molar-refractivity contribution in [2.24, 2.45) is 0 Å². The molecule has 2 aromatic rings. The Kier molecular flexibility index (Phi) is 4.62. The molecule has 0 fully saturated rings. The van der Waals surface area contributed by atoms with E-state index in [0.29, 0.717) is 18.0 Å². The molecule has 1 aromatic heterocycles. The number of aryl methyl sites for hydroxylation is 1. The van der Waals surface area contributed by atoms with Crippen molar-refractivity contribution in [3.8, 4) is 0 Å². The standard InChI is InChI=1S/C13H15BrN2O3S/c1-10-7-13(15-19-10)9-20(17,18)16(2)8-11-3-5-12(14)6-4-11/h3-7H,8-9H2,1-2H3. The van der Waals surface area contributed by atoms with Crippen molar-refractivity contribution >= 4 is 26.0 Å². The molecule has 0 amide bonds. The van der Waals surface area contributed by atoms with Crippen LogP contribution in [0.3, 0.4) is 0 Å². The number of hydrogen-bond donors (Lipinski definition) is 0. The molecule has 0 atom stereocenters. The van der Waals surface area contributed by atoms with Gasteiger partial charge in [0.15, 0.2) is 0 Å². The molecule has 0 aliphatic carbocycles. The van der Waals surface area contributed by atoms with Crippen molar-refractivity contribution in [2.75, 3.05) is 7.05 Å². The average Bonchev–Trinajstić information content (AvgIpc) is 2.77. The third kappa shape index (κ3) is 3.91. The molecule has 108 valence electrons. The summed E-state index contributed by atoms with van der Waals surface area (Å²) in [5.41, 5.74) is 1.35. The van der Waals surface area contributed by atoms with Crippen LogP contribution in [0, 0.1) is 6.92 Å². The monoisotopic (exact) mass is 358 g/mol. The minimum atomic E-state index is -3.41. The zero-order valence-corrected chi connectivity index (χ0v) is 13.6. The van der Waals surface area contributed by atoms with Gasteiger partial charge in [-0.1, -0.05) is 33.2 Å². The van der Waals surface area contributed by atoms with E-state index in [1.807, 2.05) is 24.3 Å². The van der Waals surface area contributed by atoms with Crippen LogP contribution >= 0.6 is 15.9 Å². The third-order valence-electron chi connectivity index (χ3n) is 2.80. The summed E-state index contributed by atoms with van der Waals surface area (Å²) in [6.45, 7) is 2.06. The zero-order chi connectivity index (χ0) is 14.8. The van der Waals surface area contributed by atoms with E-state index in [0.717, 1.165) is 10.0 Å². The lowest BCUT2D eigenvalue weighted by atomic mass is 10.2. The van der Waals surface area contributed by atoms with Gasteiger partial charge in [0.05, 0.1) is 0 Å². The second kappa shape index (κ2) is 6.07. The van der Waals surface area contributed by atoms with Crippen LogP contribution in [-0.2, 0) is 22.3 Å². The first kappa shape index (κ1) is 15.2. The van der Waals surface area contributed by atoms with Crippen molar-refractivity contribution < 1.29 is 12.9 Å². The van der Waals surface area contributed by atoms with E-state index in [4.69, 9.17) is 4.52 Å². The summed E-state index contributed by atoms with van der Waals surface area (Å²) in [6, 6.07) is 9.17. The van der Waals surface area contributed by atoms with Gasteiger partial charge in [0.25, 0.3) is 0 Å². The fourth-order valence-electron chi connectivity index (χ4n) is 1.73. The number of sulfonamides is 1. The Balaban J connectivity index is 2.07. The molecule has 0 aliphatic heterocycles. The lowest BCUT2D eigenvalue weighted by Crippen LogP contribution is -2.27. The molecule has 0 spiro atoms. The Bertz CT molecular complexity index is 680. The van der Waals surface area contributed by atoms with E-state index in [-0.39, 0.29) is 5.75 Å². The van der Waals surface area contributed by atoms with Gasteiger partial charge in [-0.3, -0.25) is 0 Å². The van der Waals surface area contributed by atoms with E-state index in [2.05, 4.69) is 21.1 Å². The molecular weight excluding hydrogens is 344 g/mol. The van der Waals surface area contributed by atoms with Crippen LogP contribution in [0.15, 0.2) is 39.3 Å². The highest BCUT2D eigenvalue weighted by molar-refractivity contribution is 9.10. The first-order valence-corrected chi connectivity index (χ1v) is 8.38. The number of halogens is 1. The molecule has 7 heteroatoms. The maximum Gasteiger partial charge on any atom is 0.220 e. The van der Waals surface area contributed by atoms with E-state index in [9.17, 15) is 8.42 Å². The molecule has 0 N–H and O–H groups in total. The average molecular weight is 359 g/mol. The summed E-state index contributed by atoms with van der Waals surface area (Å²) in [7, 11) is -1.85. The minimum Gasteiger partial charge on any atom is -0.361 e. The Hall–Kier alpha value is -1.18. The second-order valence-electron chi connectivity index (χ2n) is 4.57. The van der Waals surface area contributed by atoms with Crippen LogP contribution in [0.5, 0.6) is 0 Å². The highest BCUT2D eigenvalue weighted by Crippen LogP contribution is 2.15. The number of benzene rings is 1. The Morgan fingerprint density at radius 3 is 2.50 bits per heavy atom. The molecule has 0 saturated carbocycles. The first-order chi connectivity index (χ1) is 9.37. The highest BCUT2D eigenvalue weighted by Gasteiger charge is 2.20. The quantitative estimate of drug-likeness (QED) is 0.824. The molecule has 5 nitrogen and oxygen atoms in total. The van der Waals surface area contributed by atoms with Crippen LogP contribution in [0.25, 0.3) is 0 Å². The fraction of sp³-hybridized carbons (Fsp3) is 0.308. The maximum atomic E-state index is 12.2. The van der Waals surface area contributed by atoms with Gasteiger partial charge < -0.3 is 4.52 Å². The van der Waals surface area contributed by atoms with Gasteiger partial charge in [0, 0.05) is 24.1 Å². The van der Waals surface area contributed by atoms with Crippen molar-refractivity contribution in [1.29, 1.82) is 0 Å². The van der Waals surface area contributed by atoms with Gasteiger partial charge in [-0.2, -0.15) is 0 Å². The van der Waals surface area contributed by atoms with Gasteiger partial charge in [0.2, 0.25) is 10.0 Å². The summed E-state index contributed by atoms with van der Waals surface area (Å²) in [4.78, 5) is 0. The van der Waals surface area contributed by atoms with Crippen molar-refractivity contribution in [3.05, 3.63) is 51.8 Å². The van der Waals surface area contributed by atoms with Crippen molar-refractivity contribution in [1.82, 2.24) is 9.46 Å². The SMILES string of the molecule is Cc1cc(CS(=O)(=O)N(C)Cc2ccc(Br)cc2)no1. The largest absolute Gasteiger partial charge is 0.361 e. The topological polar surface area (TPSA) is 63.4 Å². The molecule has 0 aliphatic rings. The number of aromatic nitrogens is 1. The van der Waals surface area contributed by atoms with Crippen LogP contribution in [0.2, 0.25) is 0 Å². The van der Waals surface area contributed by atoms with E-state index < -0.39 is 10.0 Å². The zero-order valence-electron chi connectivity index (χ0n) is 11.2. The van der Waals surface area contributed by atoms with Gasteiger partial charge in [-0.15, -0.1) is 0 Å². The molecular formula is C13H15BrN2O3S. The summed E-state index contributed by atoms with van der Waals surface area (Å²) in [5.74, 6) is 0.447. The van der Waals surface area contributed by atoms with Gasteiger partial charge in [-0.25, -0.2) is 12.7 Å². The Labute approximate surface area is 126 Å². The summed E-state index contributed by atoms with van der Waals surface area (Å²) >= 11 is 3.35. The number of nitrogens with zero attached hydrogens (tertiary/aromatic N) is 2. The second-order valence-corrected chi connectivity index (χ2v) is 7.56. The molecule has 0 bridgehead atoms. The fourth-order valence-corrected chi connectivity index (χ4v) is 3.07. The molecule has 1 aromatic carbocycles. The van der Waals surface area contributed by atoms with Crippen LogP contribution in [-0.4, -0.2) is 24.9 Å². The molecule has 2 rings (SSSR count). The molecule has 0 radical (unpaired) electrons. The van der Waals surface area contributed by atoms with Gasteiger partial charge in [-0.05, 0) is 24.6 Å². The van der Waals surface area contributed by atoms with Gasteiger partial charge >= 0.3 is 0 Å². The van der Waals surface area contributed by atoms with E-state index >= 15 is 0 Å². The minimum absolute atomic E-state index is 0.155. The number of rotatable bonds is 5. The number of hydrogen-bond acceptors (Lipinski definition) is 4. The smallest absolute Gasteiger partial charge is 0.220 e. The van der Waals surface area contributed by atoms with Crippen LogP contribution < -0.4 is 0 Å². The lowest BCUT2D eigenvalue weighted by Gasteiger charge is -2.16. The molecule has 20 heavy (non-hydrogen) atoms. The van der Waals surface area contributed by atoms with Crippen molar-refractivity contribution in [3.63, 3.8) is 0 Å². The predicted octanol–water partition coefficient (Wildman–Crippen LogP) is 2.71. The van der Waals surface area contributed by atoms with Crippen LogP contribution in [0.1, 0.15) is 17.0 Å². The van der Waals surface area contributed by atoms with E-state index in [1.54, 1.807) is 20.0 Å². The van der Waals surface area contributed by atoms with Gasteiger partial charge in [0.1, 0.15) is 17.2 Å². The normalized spacial score (nSPS) is 12.0. The lowest BCUT2D eigenvalue weighted by molar-refractivity contribution is 0.391. The summed E-state index contributed by atoms with van der Waals surface area (Å²) in [5, 5.41) is 3.71. The van der Waals surface area contributed by atoms with Crippen LogP contribution in [0.4, 0.5) is 0 Å². The maximum absolute atomic E-state index is 12.2. The third-order valence-corrected chi connectivity index (χ3v) is 5.07. The first-order valence-electron chi connectivity index (χ1n) is 5.97. The Morgan fingerprint density at radius 1 is 1.30 bits per heavy atom. The summed E-state index contributed by atoms with van der Waals surface area (Å²) < 4.78 is 31.6. The highest BCUT2D eigenvalue weighted by atomic mass is 79.9.